The molecule has 0 unspecified atom stereocenters. The van der Waals surface area contributed by atoms with Crippen LogP contribution in [0.1, 0.15) is 55.5 Å². The van der Waals surface area contributed by atoms with Crippen molar-refractivity contribution in [2.45, 2.75) is 74.8 Å². The van der Waals surface area contributed by atoms with Crippen LogP contribution in [0, 0.1) is 5.92 Å². The van der Waals surface area contributed by atoms with E-state index in [9.17, 15) is 31.2 Å². The number of hydrogen-bond acceptors (Lipinski definition) is 5. The van der Waals surface area contributed by atoms with Crippen LogP contribution in [0.5, 0.6) is 0 Å². The normalized spacial score (nSPS) is 24.3. The molecule has 0 bridgehead atoms. The third kappa shape index (κ3) is 7.00. The van der Waals surface area contributed by atoms with Gasteiger partial charge in [-0.2, -0.15) is 13.2 Å². The number of nitrogens with one attached hydrogen (secondary N) is 2. The van der Waals surface area contributed by atoms with Crippen LogP contribution in [0.3, 0.4) is 0 Å². The van der Waals surface area contributed by atoms with Crippen LogP contribution in [-0.2, 0) is 20.8 Å². The molecule has 0 aromatic heterocycles. The predicted molar refractivity (Wildman–Crippen MR) is 141 cm³/mol. The lowest BCUT2D eigenvalue weighted by atomic mass is 9.81. The molecule has 4 rings (SSSR count). The summed E-state index contributed by atoms with van der Waals surface area (Å²) in [4.78, 5) is 28.0. The Morgan fingerprint density at radius 1 is 1.05 bits per heavy atom. The van der Waals surface area contributed by atoms with E-state index in [4.69, 9.17) is 0 Å². The highest BCUT2D eigenvalue weighted by molar-refractivity contribution is 7.91. The van der Waals surface area contributed by atoms with Gasteiger partial charge in [-0.25, -0.2) is 8.42 Å². The fourth-order valence-electron chi connectivity index (χ4n) is 5.71. The summed E-state index contributed by atoms with van der Waals surface area (Å²) < 4.78 is 65.8. The number of carbonyl (C=O) groups excluding carboxylic acids is 2. The van der Waals surface area contributed by atoms with Crippen LogP contribution >= 0.6 is 0 Å². The molecule has 1 heterocycles. The molecule has 212 valence electrons. The average molecular weight is 566 g/mol. The van der Waals surface area contributed by atoms with Crippen molar-refractivity contribution in [2.75, 3.05) is 12.3 Å². The molecule has 2 fully saturated rings. The van der Waals surface area contributed by atoms with E-state index in [2.05, 4.69) is 10.6 Å². The number of alkyl halides is 3. The summed E-state index contributed by atoms with van der Waals surface area (Å²) in [6, 6.07) is 11.4. The number of hydrogen-bond donors (Lipinski definition) is 2. The minimum atomic E-state index is -4.59. The molecule has 2 aromatic carbocycles. The second-order valence-corrected chi connectivity index (χ2v) is 12.7. The number of carbonyl (C=O) groups is 2. The minimum Gasteiger partial charge on any atom is -0.340 e. The van der Waals surface area contributed by atoms with E-state index in [0.717, 1.165) is 24.6 Å². The first-order chi connectivity index (χ1) is 18.3. The SMILES string of the molecule is CC(C)N[C@@H]1CC[C@H](N2CC[C@H](NC(=O)c3cccc(C(F)(F)F)c3)C2=O)[C@H](CS(=O)(=O)c2ccccc2)C1. The minimum absolute atomic E-state index is 0.108. The smallest absolute Gasteiger partial charge is 0.340 e. The standard InChI is InChI=1S/C28H34F3N3O4S/c1-18(2)32-22-11-12-25(20(16-22)17-39(37,38)23-9-4-3-5-10-23)34-14-13-24(27(34)36)33-26(35)19-7-6-8-21(15-19)28(29,30)31/h3-10,15,18,20,22,24-25,32H,11-14,16-17H2,1-2H3,(H,33,35)/t20-,22+,24-,25-/m0/s1. The van der Waals surface area contributed by atoms with E-state index in [0.29, 0.717) is 25.8 Å². The van der Waals surface area contributed by atoms with Gasteiger partial charge in [0, 0.05) is 30.2 Å². The third-order valence-corrected chi connectivity index (χ3v) is 9.30. The molecular formula is C28H34F3N3O4S. The van der Waals surface area contributed by atoms with Crippen molar-refractivity contribution in [3.63, 3.8) is 0 Å². The van der Waals surface area contributed by atoms with E-state index in [1.54, 1.807) is 35.2 Å². The van der Waals surface area contributed by atoms with Gasteiger partial charge in [-0.1, -0.05) is 38.1 Å². The zero-order chi connectivity index (χ0) is 28.4. The summed E-state index contributed by atoms with van der Waals surface area (Å²) in [7, 11) is -3.60. The predicted octanol–water partition coefficient (Wildman–Crippen LogP) is 4.05. The Bertz CT molecular complexity index is 1280. The lowest BCUT2D eigenvalue weighted by Crippen LogP contribution is -2.52. The van der Waals surface area contributed by atoms with E-state index in [-0.39, 0.29) is 46.2 Å². The average Bonchev–Trinajstić information content (AvgIpc) is 3.23. The molecular weight excluding hydrogens is 531 g/mol. The number of likely N-dealkylation sites (tertiary alicyclic amines) is 1. The Morgan fingerprint density at radius 2 is 1.77 bits per heavy atom. The lowest BCUT2D eigenvalue weighted by molar-refractivity contribution is -0.137. The summed E-state index contributed by atoms with van der Waals surface area (Å²) in [6.07, 6.45) is -2.32. The van der Waals surface area contributed by atoms with Crippen molar-refractivity contribution in [1.29, 1.82) is 0 Å². The molecule has 1 saturated heterocycles. The first-order valence-corrected chi connectivity index (χ1v) is 14.8. The van der Waals surface area contributed by atoms with Crippen LogP contribution in [0.4, 0.5) is 13.2 Å². The molecule has 0 spiro atoms. The fraction of sp³-hybridized carbons (Fsp3) is 0.500. The number of rotatable bonds is 8. The molecule has 4 atom stereocenters. The molecule has 2 aliphatic rings. The summed E-state index contributed by atoms with van der Waals surface area (Å²) in [6.45, 7) is 4.40. The first-order valence-electron chi connectivity index (χ1n) is 13.2. The summed E-state index contributed by atoms with van der Waals surface area (Å²) >= 11 is 0. The van der Waals surface area contributed by atoms with Crippen molar-refractivity contribution in [3.05, 3.63) is 65.7 Å². The van der Waals surface area contributed by atoms with Crippen molar-refractivity contribution < 1.29 is 31.2 Å². The zero-order valence-corrected chi connectivity index (χ0v) is 22.8. The molecule has 11 heteroatoms. The number of amides is 2. The molecule has 2 amide bonds. The number of sulfone groups is 1. The monoisotopic (exact) mass is 565 g/mol. The van der Waals surface area contributed by atoms with Gasteiger partial charge in [0.1, 0.15) is 6.04 Å². The largest absolute Gasteiger partial charge is 0.416 e. The van der Waals surface area contributed by atoms with Gasteiger partial charge in [0.25, 0.3) is 5.91 Å². The topological polar surface area (TPSA) is 95.6 Å². The Balaban J connectivity index is 1.49. The van der Waals surface area contributed by atoms with E-state index >= 15 is 0 Å². The van der Waals surface area contributed by atoms with Gasteiger partial charge in [-0.05, 0) is 61.9 Å². The van der Waals surface area contributed by atoms with Gasteiger partial charge < -0.3 is 15.5 Å². The van der Waals surface area contributed by atoms with Crippen LogP contribution in [0.2, 0.25) is 0 Å². The lowest BCUT2D eigenvalue weighted by Gasteiger charge is -2.41. The highest BCUT2D eigenvalue weighted by atomic mass is 32.2. The Labute approximate surface area is 227 Å². The molecule has 0 radical (unpaired) electrons. The molecule has 1 aliphatic carbocycles. The number of halogens is 3. The van der Waals surface area contributed by atoms with Crippen molar-refractivity contribution in [1.82, 2.24) is 15.5 Å². The molecule has 2 N–H and O–H groups in total. The van der Waals surface area contributed by atoms with Crippen LogP contribution in [0.25, 0.3) is 0 Å². The van der Waals surface area contributed by atoms with Crippen LogP contribution in [0.15, 0.2) is 59.5 Å². The maximum absolute atomic E-state index is 13.4. The quantitative estimate of drug-likeness (QED) is 0.504. The zero-order valence-electron chi connectivity index (χ0n) is 21.9. The van der Waals surface area contributed by atoms with E-state index in [1.807, 2.05) is 13.8 Å². The maximum atomic E-state index is 13.4. The Hall–Kier alpha value is -2.92. The van der Waals surface area contributed by atoms with Gasteiger partial charge in [-0.3, -0.25) is 9.59 Å². The number of benzene rings is 2. The second-order valence-electron chi connectivity index (χ2n) is 10.7. The fourth-order valence-corrected chi connectivity index (χ4v) is 7.40. The van der Waals surface area contributed by atoms with E-state index in [1.165, 1.54) is 6.07 Å². The molecule has 2 aromatic rings. The molecule has 39 heavy (non-hydrogen) atoms. The van der Waals surface area contributed by atoms with Gasteiger partial charge in [0.2, 0.25) is 5.91 Å². The van der Waals surface area contributed by atoms with Crippen LogP contribution in [-0.4, -0.2) is 61.6 Å². The van der Waals surface area contributed by atoms with Crippen LogP contribution < -0.4 is 10.6 Å². The van der Waals surface area contributed by atoms with Crippen molar-refractivity contribution in [3.8, 4) is 0 Å². The van der Waals surface area contributed by atoms with Gasteiger partial charge in [0.05, 0.1) is 16.2 Å². The second kappa shape index (κ2) is 11.7. The first kappa shape index (κ1) is 29.1. The third-order valence-electron chi connectivity index (χ3n) is 7.44. The van der Waals surface area contributed by atoms with Crippen molar-refractivity contribution in [2.24, 2.45) is 5.92 Å². The highest BCUT2D eigenvalue weighted by Gasteiger charge is 2.43. The van der Waals surface area contributed by atoms with Gasteiger partial charge >= 0.3 is 6.18 Å². The summed E-state index contributed by atoms with van der Waals surface area (Å²) in [5, 5.41) is 6.08. The summed E-state index contributed by atoms with van der Waals surface area (Å²) in [5.74, 6) is -1.52. The number of nitrogens with zero attached hydrogens (tertiary/aromatic N) is 1. The van der Waals surface area contributed by atoms with E-state index < -0.39 is 33.5 Å². The molecule has 7 nitrogen and oxygen atoms in total. The van der Waals surface area contributed by atoms with Gasteiger partial charge in [0.15, 0.2) is 9.84 Å². The molecule has 1 saturated carbocycles. The highest BCUT2D eigenvalue weighted by Crippen LogP contribution is 2.34. The van der Waals surface area contributed by atoms with Gasteiger partial charge in [-0.15, -0.1) is 0 Å². The summed E-state index contributed by atoms with van der Waals surface area (Å²) in [5.41, 5.74) is -1.12. The Kier molecular flexibility index (Phi) is 8.70. The molecule has 1 aliphatic heterocycles. The Morgan fingerprint density at radius 3 is 2.44 bits per heavy atom. The van der Waals surface area contributed by atoms with Crippen molar-refractivity contribution >= 4 is 21.7 Å². The maximum Gasteiger partial charge on any atom is 0.416 e.